The summed E-state index contributed by atoms with van der Waals surface area (Å²) in [5.74, 6) is -5.29. The Morgan fingerprint density at radius 3 is 2.14 bits per heavy atom. The Morgan fingerprint density at radius 2 is 1.59 bits per heavy atom. The molecule has 0 unspecified atom stereocenters. The molecule has 0 saturated carbocycles. The zero-order chi connectivity index (χ0) is 36.6. The van der Waals surface area contributed by atoms with Gasteiger partial charge in [0.25, 0.3) is 0 Å². The van der Waals surface area contributed by atoms with Crippen molar-refractivity contribution in [3.8, 4) is 5.75 Å². The molecule has 270 valence electrons. The predicted octanol–water partition coefficient (Wildman–Crippen LogP) is -3.06. The predicted molar refractivity (Wildman–Crippen MR) is 168 cm³/mol. The third kappa shape index (κ3) is 11.2. The Kier molecular flexibility index (Phi) is 13.2. The van der Waals surface area contributed by atoms with E-state index in [1.807, 2.05) is 0 Å². The van der Waals surface area contributed by atoms with E-state index >= 15 is 0 Å². The van der Waals surface area contributed by atoms with Gasteiger partial charge in [-0.2, -0.15) is 0 Å². The van der Waals surface area contributed by atoms with Crippen molar-refractivity contribution in [3.05, 3.63) is 29.8 Å². The highest BCUT2D eigenvalue weighted by Crippen LogP contribution is 2.37. The number of primary amides is 2. The average molecular weight is 712 g/mol. The lowest BCUT2D eigenvalue weighted by Crippen LogP contribution is -2.62. The molecule has 1 aromatic rings. The summed E-state index contributed by atoms with van der Waals surface area (Å²) in [6, 6.07) is -0.934. The summed E-state index contributed by atoms with van der Waals surface area (Å²) in [5.41, 5.74) is 11.0. The number of phosphoric acid groups is 1. The lowest BCUT2D eigenvalue weighted by molar-refractivity contribution is -0.147. The van der Waals surface area contributed by atoms with Gasteiger partial charge in [0.2, 0.25) is 41.4 Å². The quantitative estimate of drug-likeness (QED) is 0.0773. The number of carbonyl (C=O) groups is 7. The minimum Gasteiger partial charge on any atom is -0.404 e. The molecule has 0 bridgehead atoms. The monoisotopic (exact) mass is 711 g/mol. The minimum atomic E-state index is -4.78. The van der Waals surface area contributed by atoms with Crippen molar-refractivity contribution in [2.45, 2.75) is 101 Å². The molecule has 7 amide bonds. The Hall–Kier alpha value is -4.58. The highest BCUT2D eigenvalue weighted by molar-refractivity contribution is 7.46. The van der Waals surface area contributed by atoms with Gasteiger partial charge in [-0.05, 0) is 56.7 Å². The number of piperidine rings is 1. The van der Waals surface area contributed by atoms with E-state index in [4.69, 9.17) is 21.3 Å². The number of phosphoric ester groups is 1. The number of aliphatic hydroxyl groups is 1. The molecule has 2 aliphatic rings. The van der Waals surface area contributed by atoms with Gasteiger partial charge < -0.3 is 47.3 Å². The molecule has 0 aromatic heterocycles. The summed E-state index contributed by atoms with van der Waals surface area (Å²) in [4.78, 5) is 108. The molecular formula is C29H42N7O12P. The maximum absolute atomic E-state index is 13.7. The van der Waals surface area contributed by atoms with Crippen molar-refractivity contribution < 1.29 is 57.5 Å². The Bertz CT molecular complexity index is 1480. The van der Waals surface area contributed by atoms with Gasteiger partial charge in [-0.3, -0.25) is 43.3 Å². The van der Waals surface area contributed by atoms with Crippen LogP contribution in [0.4, 0.5) is 0 Å². The summed E-state index contributed by atoms with van der Waals surface area (Å²) in [7, 11) is -4.78. The lowest BCUT2D eigenvalue weighted by Gasteiger charge is -2.38. The molecule has 2 aliphatic heterocycles. The Labute approximate surface area is 281 Å². The summed E-state index contributed by atoms with van der Waals surface area (Å²) in [6.45, 7) is 2.43. The number of rotatable bonds is 16. The SMILES string of the molecule is CC(=O)N[C@@H](Cc1ccc(OP(=O)(O)O)cc1)C(=O)N[C@H]1CC[C@@H]2CC[C@H](C(=O)N[C@@H](CCC(N)=O)C(=O)N[C@H](C(N)=O)[C@@H](C)O)N2C1=O. The molecule has 0 spiro atoms. The van der Waals surface area contributed by atoms with Gasteiger partial charge in [-0.1, -0.05) is 12.1 Å². The maximum atomic E-state index is 13.7. The fourth-order valence-corrected chi connectivity index (χ4v) is 6.24. The highest BCUT2D eigenvalue weighted by Gasteiger charge is 2.47. The largest absolute Gasteiger partial charge is 0.524 e. The van der Waals surface area contributed by atoms with Gasteiger partial charge in [0, 0.05) is 25.8 Å². The number of nitrogens with zero attached hydrogens (tertiary/aromatic N) is 1. The van der Waals surface area contributed by atoms with Crippen molar-refractivity contribution in [1.29, 1.82) is 0 Å². The normalized spacial score (nSPS) is 21.3. The highest BCUT2D eigenvalue weighted by atomic mass is 31.2. The molecule has 3 rings (SSSR count). The van der Waals surface area contributed by atoms with Crippen molar-refractivity contribution in [1.82, 2.24) is 26.2 Å². The number of nitrogens with two attached hydrogens (primary N) is 2. The third-order valence-electron chi connectivity index (χ3n) is 8.14. The van der Waals surface area contributed by atoms with E-state index in [0.29, 0.717) is 18.4 Å². The van der Waals surface area contributed by atoms with Gasteiger partial charge in [0.1, 0.15) is 36.0 Å². The van der Waals surface area contributed by atoms with Crippen molar-refractivity contribution in [2.75, 3.05) is 0 Å². The van der Waals surface area contributed by atoms with E-state index in [-0.39, 0.29) is 43.9 Å². The number of fused-ring (bicyclic) bond motifs is 1. The molecule has 0 radical (unpaired) electrons. The molecule has 2 saturated heterocycles. The topological polar surface area (TPSA) is 310 Å². The molecule has 19 nitrogen and oxygen atoms in total. The smallest absolute Gasteiger partial charge is 0.404 e. The van der Waals surface area contributed by atoms with Crippen LogP contribution in [-0.4, -0.2) is 103 Å². The number of hydrogen-bond donors (Lipinski definition) is 9. The van der Waals surface area contributed by atoms with Crippen LogP contribution in [0.25, 0.3) is 0 Å². The molecule has 11 N–H and O–H groups in total. The first-order valence-electron chi connectivity index (χ1n) is 15.5. The Balaban J connectivity index is 1.72. The average Bonchev–Trinajstić information content (AvgIpc) is 3.43. The van der Waals surface area contributed by atoms with E-state index in [9.17, 15) is 43.2 Å². The van der Waals surface area contributed by atoms with Crippen LogP contribution in [0, 0.1) is 0 Å². The summed E-state index contributed by atoms with van der Waals surface area (Å²) in [6.07, 6.45) is -0.565. The summed E-state index contributed by atoms with van der Waals surface area (Å²) >= 11 is 0. The Morgan fingerprint density at radius 1 is 0.959 bits per heavy atom. The summed E-state index contributed by atoms with van der Waals surface area (Å²) in [5, 5.41) is 19.8. The van der Waals surface area contributed by atoms with E-state index in [2.05, 4.69) is 25.8 Å². The first-order valence-corrected chi connectivity index (χ1v) is 17.0. The molecule has 20 heteroatoms. The van der Waals surface area contributed by atoms with Crippen LogP contribution in [0.2, 0.25) is 0 Å². The minimum absolute atomic E-state index is 0.0414. The van der Waals surface area contributed by atoms with Crippen molar-refractivity contribution in [2.24, 2.45) is 11.5 Å². The number of nitrogens with one attached hydrogen (secondary N) is 4. The van der Waals surface area contributed by atoms with Crippen molar-refractivity contribution in [3.63, 3.8) is 0 Å². The van der Waals surface area contributed by atoms with Gasteiger partial charge >= 0.3 is 7.82 Å². The van der Waals surface area contributed by atoms with E-state index in [0.717, 1.165) is 0 Å². The molecule has 2 heterocycles. The number of hydrogen-bond acceptors (Lipinski definition) is 10. The molecule has 2 fully saturated rings. The van der Waals surface area contributed by atoms with E-state index in [1.165, 1.54) is 43.0 Å². The van der Waals surface area contributed by atoms with Crippen LogP contribution in [0.1, 0.15) is 57.9 Å². The van der Waals surface area contributed by atoms with E-state index < -0.39 is 85.5 Å². The number of amides is 7. The zero-order valence-corrected chi connectivity index (χ0v) is 27.8. The van der Waals surface area contributed by atoms with Gasteiger partial charge in [-0.15, -0.1) is 0 Å². The molecule has 0 aliphatic carbocycles. The van der Waals surface area contributed by atoms with Crippen LogP contribution in [0.3, 0.4) is 0 Å². The molecule has 49 heavy (non-hydrogen) atoms. The molecule has 1 aromatic carbocycles. The van der Waals surface area contributed by atoms with Crippen LogP contribution >= 0.6 is 7.82 Å². The van der Waals surface area contributed by atoms with Gasteiger partial charge in [0.05, 0.1) is 6.10 Å². The second-order valence-electron chi connectivity index (χ2n) is 12.0. The van der Waals surface area contributed by atoms with Crippen molar-refractivity contribution >= 4 is 49.2 Å². The second-order valence-corrected chi connectivity index (χ2v) is 13.2. The van der Waals surface area contributed by atoms with Gasteiger partial charge in [0.15, 0.2) is 0 Å². The third-order valence-corrected chi connectivity index (χ3v) is 8.59. The second kappa shape index (κ2) is 16.7. The van der Waals surface area contributed by atoms with Crippen LogP contribution < -0.4 is 37.3 Å². The standard InChI is InChI=1S/C29H42N7O12P/c1-14(37)24(25(31)40)35-26(41)19(10-12-23(30)39)33-28(43)22-11-6-17-5-9-20(29(44)36(17)22)34-27(42)21(32-15(2)38)13-16-3-7-18(8-4-16)48-49(45,46)47/h3-4,7-8,14,17,19-22,24,37H,5-6,9-13H2,1-2H3,(H2,30,39)(H2,31,40)(H,32,38)(H,33,43)(H,34,42)(H,35,41)(H2,45,46,47)/t14-,17-,19+,20+,21+,22-,24+/m1/s1. The zero-order valence-electron chi connectivity index (χ0n) is 26.9. The first-order chi connectivity index (χ1) is 22.9. The number of aliphatic hydroxyl groups excluding tert-OH is 1. The number of carbonyl (C=O) groups excluding carboxylic acids is 7. The lowest BCUT2D eigenvalue weighted by atomic mass is 9.97. The number of benzene rings is 1. The fraction of sp³-hybridized carbons (Fsp3) is 0.552. The van der Waals surface area contributed by atoms with E-state index in [1.54, 1.807) is 0 Å². The maximum Gasteiger partial charge on any atom is 0.524 e. The van der Waals surface area contributed by atoms with Gasteiger partial charge in [-0.25, -0.2) is 4.57 Å². The molecular weight excluding hydrogens is 669 g/mol. The van der Waals surface area contributed by atoms with Crippen LogP contribution in [0.15, 0.2) is 24.3 Å². The fourth-order valence-electron chi connectivity index (χ4n) is 5.85. The summed E-state index contributed by atoms with van der Waals surface area (Å²) < 4.78 is 15.6. The first kappa shape index (κ1) is 38.9. The molecule has 7 atom stereocenters. The van der Waals surface area contributed by atoms with Crippen LogP contribution in [-0.2, 0) is 44.5 Å². The van der Waals surface area contributed by atoms with Crippen LogP contribution in [0.5, 0.6) is 5.75 Å².